The lowest BCUT2D eigenvalue weighted by Crippen LogP contribution is -3.00. The third-order valence-electron chi connectivity index (χ3n) is 6.46. The van der Waals surface area contributed by atoms with Gasteiger partial charge in [0.25, 0.3) is 0 Å². The van der Waals surface area contributed by atoms with Crippen LogP contribution in [0.15, 0.2) is 72.8 Å². The number of rotatable bonds is 8. The zero-order chi connectivity index (χ0) is 23.5. The molecule has 5 rings (SSSR count). The molecule has 1 atom stereocenters. The summed E-state index contributed by atoms with van der Waals surface area (Å²) in [6.07, 6.45) is 2.17. The highest BCUT2D eigenvalue weighted by atomic mass is 35.5. The van der Waals surface area contributed by atoms with Crippen LogP contribution in [0.4, 0.5) is 5.69 Å². The molecule has 1 unspecified atom stereocenters. The summed E-state index contributed by atoms with van der Waals surface area (Å²) in [6, 6.07) is 23.9. The van der Waals surface area contributed by atoms with Gasteiger partial charge in [-0.3, -0.25) is 4.79 Å². The highest BCUT2D eigenvalue weighted by molar-refractivity contribution is 6.32. The lowest BCUT2D eigenvalue weighted by Gasteiger charge is -2.20. The Labute approximate surface area is 217 Å². The minimum absolute atomic E-state index is 0. The van der Waals surface area contributed by atoms with Crippen molar-refractivity contribution < 1.29 is 21.9 Å². The summed E-state index contributed by atoms with van der Waals surface area (Å²) >= 11 is 6.21. The first-order chi connectivity index (χ1) is 16.7. The van der Waals surface area contributed by atoms with Crippen LogP contribution in [0.2, 0.25) is 5.02 Å². The van der Waals surface area contributed by atoms with Gasteiger partial charge in [0.2, 0.25) is 5.91 Å². The van der Waals surface area contributed by atoms with E-state index in [1.165, 1.54) is 5.56 Å². The Hall–Kier alpha value is -3.02. The van der Waals surface area contributed by atoms with E-state index >= 15 is 0 Å². The zero-order valence-corrected chi connectivity index (χ0v) is 21.2. The van der Waals surface area contributed by atoms with Crippen molar-refractivity contribution in [3.63, 3.8) is 0 Å². The van der Waals surface area contributed by atoms with E-state index in [0.29, 0.717) is 30.3 Å². The molecule has 1 aromatic heterocycles. The third kappa shape index (κ3) is 5.16. The predicted molar refractivity (Wildman–Crippen MR) is 137 cm³/mol. The molecule has 4 aromatic rings. The molecule has 7 heteroatoms. The molecule has 35 heavy (non-hydrogen) atoms. The molecule has 0 spiro atoms. The average Bonchev–Trinajstić information content (AvgIpc) is 3.43. The number of aryl methyl sites for hydroxylation is 2. The Morgan fingerprint density at radius 1 is 1.03 bits per heavy atom. The first-order valence-corrected chi connectivity index (χ1v) is 12.2. The molecule has 1 aliphatic rings. The van der Waals surface area contributed by atoms with E-state index in [-0.39, 0.29) is 24.2 Å². The minimum atomic E-state index is 0. The number of aromatic nitrogens is 2. The molecule has 0 radical (unpaired) electrons. The fraction of sp³-hybridized carbons (Fsp3) is 0.286. The van der Waals surface area contributed by atoms with Gasteiger partial charge in [-0.2, -0.15) is 0 Å². The fourth-order valence-electron chi connectivity index (χ4n) is 4.79. The Morgan fingerprint density at radius 2 is 1.77 bits per heavy atom. The van der Waals surface area contributed by atoms with Gasteiger partial charge in [-0.25, -0.2) is 4.98 Å². The Morgan fingerprint density at radius 3 is 2.60 bits per heavy atom. The number of hydrogen-bond acceptors (Lipinski definition) is 3. The third-order valence-corrected chi connectivity index (χ3v) is 6.77. The number of ether oxygens (including phenoxy) is 1. The number of carbonyl (C=O) groups excluding carboxylic acids is 1. The summed E-state index contributed by atoms with van der Waals surface area (Å²) in [5, 5.41) is 0.619. The van der Waals surface area contributed by atoms with E-state index in [1.807, 2.05) is 65.6 Å². The maximum Gasteiger partial charge on any atom is 0.227 e. The Balaban J connectivity index is 0.00000289. The number of imidazole rings is 1. The second-order valence-corrected chi connectivity index (χ2v) is 9.04. The van der Waals surface area contributed by atoms with Crippen LogP contribution >= 0.6 is 11.6 Å². The topological polar surface area (TPSA) is 47.4 Å². The van der Waals surface area contributed by atoms with Crippen molar-refractivity contribution in [1.29, 1.82) is 0 Å². The standard InChI is InChI=1S/C28H28ClN3O2.ClH/c1-2-20-10-3-6-13-24(20)32-19-21(18-27(32)33)28-30-23-12-5-7-14-25(23)31(28)16-9-17-34-26-15-8-4-11-22(26)29;/h3-8,10-15,21H,2,9,16-19H2,1H3;1H/p-1. The van der Waals surface area contributed by atoms with Crippen LogP contribution in [-0.4, -0.2) is 28.6 Å². The van der Waals surface area contributed by atoms with Crippen molar-refractivity contribution in [2.45, 2.75) is 38.6 Å². The highest BCUT2D eigenvalue weighted by Gasteiger charge is 2.35. The van der Waals surface area contributed by atoms with E-state index in [0.717, 1.165) is 41.9 Å². The molecule has 5 nitrogen and oxygen atoms in total. The number of amides is 1. The molecule has 182 valence electrons. The summed E-state index contributed by atoms with van der Waals surface area (Å²) in [5.41, 5.74) is 4.27. The Bertz CT molecular complexity index is 1320. The first-order valence-electron chi connectivity index (χ1n) is 11.9. The van der Waals surface area contributed by atoms with Crippen molar-refractivity contribution in [2.75, 3.05) is 18.1 Å². The molecular weight excluding hydrogens is 481 g/mol. The monoisotopic (exact) mass is 508 g/mol. The summed E-state index contributed by atoms with van der Waals surface area (Å²) < 4.78 is 8.16. The van der Waals surface area contributed by atoms with E-state index in [2.05, 4.69) is 23.6 Å². The number of hydrogen-bond donors (Lipinski definition) is 0. The minimum Gasteiger partial charge on any atom is -1.00 e. The lowest BCUT2D eigenvalue weighted by atomic mass is 10.1. The quantitative estimate of drug-likeness (QED) is 0.343. The van der Waals surface area contributed by atoms with Gasteiger partial charge in [0.1, 0.15) is 11.6 Å². The maximum absolute atomic E-state index is 13.1. The number of benzene rings is 3. The molecule has 1 amide bonds. The number of nitrogens with zero attached hydrogens (tertiary/aromatic N) is 3. The zero-order valence-electron chi connectivity index (χ0n) is 19.7. The van der Waals surface area contributed by atoms with Gasteiger partial charge in [0, 0.05) is 31.1 Å². The van der Waals surface area contributed by atoms with Crippen molar-refractivity contribution >= 4 is 34.2 Å². The van der Waals surface area contributed by atoms with Gasteiger partial charge < -0.3 is 26.6 Å². The van der Waals surface area contributed by atoms with Gasteiger partial charge in [-0.1, -0.05) is 61.0 Å². The largest absolute Gasteiger partial charge is 1.00 e. The fourth-order valence-corrected chi connectivity index (χ4v) is 4.98. The normalized spacial score (nSPS) is 15.4. The molecule has 1 fully saturated rings. The molecule has 0 saturated carbocycles. The molecule has 1 saturated heterocycles. The number of anilines is 1. The molecule has 1 aliphatic heterocycles. The molecule has 2 heterocycles. The number of fused-ring (bicyclic) bond motifs is 1. The molecule has 0 aliphatic carbocycles. The highest BCUT2D eigenvalue weighted by Crippen LogP contribution is 2.35. The van der Waals surface area contributed by atoms with Crippen LogP contribution in [0.1, 0.15) is 37.1 Å². The van der Waals surface area contributed by atoms with E-state index < -0.39 is 0 Å². The number of para-hydroxylation sites is 4. The molecule has 3 aromatic carbocycles. The van der Waals surface area contributed by atoms with Gasteiger partial charge in [-0.05, 0) is 48.7 Å². The summed E-state index contributed by atoms with van der Waals surface area (Å²) in [4.78, 5) is 20.0. The number of halogens is 2. The van der Waals surface area contributed by atoms with Crippen molar-refractivity contribution in [2.24, 2.45) is 0 Å². The smallest absolute Gasteiger partial charge is 0.227 e. The van der Waals surface area contributed by atoms with E-state index in [1.54, 1.807) is 0 Å². The molecule has 0 N–H and O–H groups in total. The van der Waals surface area contributed by atoms with Gasteiger partial charge in [-0.15, -0.1) is 0 Å². The summed E-state index contributed by atoms with van der Waals surface area (Å²) in [6.45, 7) is 4.09. The van der Waals surface area contributed by atoms with Crippen LogP contribution in [0.5, 0.6) is 5.75 Å². The van der Waals surface area contributed by atoms with Gasteiger partial charge in [0.05, 0.1) is 22.7 Å². The average molecular weight is 509 g/mol. The summed E-state index contributed by atoms with van der Waals surface area (Å²) in [7, 11) is 0. The second kappa shape index (κ2) is 11.1. The lowest BCUT2D eigenvalue weighted by molar-refractivity contribution is -0.117. The molecular formula is C28H28Cl2N3O2-. The SMILES string of the molecule is CCc1ccccc1N1CC(c2nc3ccccc3n2CCCOc2ccccc2Cl)CC1=O.[Cl-]. The van der Waals surface area contributed by atoms with Gasteiger partial charge >= 0.3 is 0 Å². The number of carbonyl (C=O) groups is 1. The predicted octanol–water partition coefficient (Wildman–Crippen LogP) is 3.25. The van der Waals surface area contributed by atoms with Crippen LogP contribution < -0.4 is 22.0 Å². The van der Waals surface area contributed by atoms with Crippen LogP contribution in [-0.2, 0) is 17.8 Å². The second-order valence-electron chi connectivity index (χ2n) is 8.63. The summed E-state index contributed by atoms with van der Waals surface area (Å²) in [5.74, 6) is 1.89. The van der Waals surface area contributed by atoms with Crippen LogP contribution in [0.3, 0.4) is 0 Å². The van der Waals surface area contributed by atoms with E-state index in [4.69, 9.17) is 21.3 Å². The van der Waals surface area contributed by atoms with Crippen molar-refractivity contribution in [3.05, 3.63) is 89.2 Å². The molecule has 0 bridgehead atoms. The first kappa shape index (κ1) is 25.1. The van der Waals surface area contributed by atoms with E-state index in [9.17, 15) is 4.79 Å². The maximum atomic E-state index is 13.1. The van der Waals surface area contributed by atoms with Crippen LogP contribution in [0.25, 0.3) is 11.0 Å². The Kier molecular flexibility index (Phi) is 7.99. The van der Waals surface area contributed by atoms with Crippen molar-refractivity contribution in [1.82, 2.24) is 9.55 Å². The van der Waals surface area contributed by atoms with Gasteiger partial charge in [0.15, 0.2) is 0 Å². The van der Waals surface area contributed by atoms with Crippen LogP contribution in [0, 0.1) is 0 Å². The van der Waals surface area contributed by atoms with Crippen molar-refractivity contribution in [3.8, 4) is 5.75 Å².